The molecule has 2 aromatic rings. The van der Waals surface area contributed by atoms with Crippen LogP contribution < -0.4 is 0 Å². The van der Waals surface area contributed by atoms with Gasteiger partial charge in [0.05, 0.1) is 12.2 Å². The second-order valence-electron chi connectivity index (χ2n) is 6.83. The van der Waals surface area contributed by atoms with Crippen molar-refractivity contribution in [3.05, 3.63) is 47.3 Å². The van der Waals surface area contributed by atoms with Crippen LogP contribution in [0.2, 0.25) is 0 Å². The van der Waals surface area contributed by atoms with Gasteiger partial charge in [-0.2, -0.15) is 0 Å². The van der Waals surface area contributed by atoms with Gasteiger partial charge in [0.25, 0.3) is 5.91 Å². The second kappa shape index (κ2) is 8.56. The van der Waals surface area contributed by atoms with E-state index < -0.39 is 11.6 Å². The third-order valence-corrected chi connectivity index (χ3v) is 5.04. The standard InChI is InChI=1S/C19H25F2N5O/c1-3-25(4-2)19(27)18-13-26(23-22-18)16-6-5-9-24(12-16)11-14-7-8-15(20)10-17(14)21/h7-8,10,13,16H,3-6,9,11-12H2,1-2H3/t16-/m0/s1. The lowest BCUT2D eigenvalue weighted by Gasteiger charge is -2.32. The maximum Gasteiger partial charge on any atom is 0.276 e. The normalized spacial score (nSPS) is 17.9. The number of aromatic nitrogens is 3. The minimum Gasteiger partial charge on any atom is -0.338 e. The van der Waals surface area contributed by atoms with Crippen LogP contribution in [0.1, 0.15) is 48.8 Å². The van der Waals surface area contributed by atoms with Gasteiger partial charge < -0.3 is 4.90 Å². The number of halogens is 2. The molecule has 0 spiro atoms. The van der Waals surface area contributed by atoms with Gasteiger partial charge in [0.15, 0.2) is 5.69 Å². The molecule has 0 radical (unpaired) electrons. The maximum atomic E-state index is 13.9. The van der Waals surface area contributed by atoms with Crippen LogP contribution in [0.15, 0.2) is 24.4 Å². The van der Waals surface area contributed by atoms with E-state index in [2.05, 4.69) is 15.2 Å². The SMILES string of the molecule is CCN(CC)C(=O)c1cn([C@H]2CCCN(Cc3ccc(F)cc3F)C2)nn1. The van der Waals surface area contributed by atoms with Crippen molar-refractivity contribution in [1.29, 1.82) is 0 Å². The Kier molecular flexibility index (Phi) is 6.15. The van der Waals surface area contributed by atoms with Crippen molar-refractivity contribution < 1.29 is 13.6 Å². The molecule has 1 aliphatic rings. The molecule has 27 heavy (non-hydrogen) atoms. The molecule has 0 bridgehead atoms. The molecule has 8 heteroatoms. The van der Waals surface area contributed by atoms with Gasteiger partial charge in [-0.25, -0.2) is 13.5 Å². The number of hydrogen-bond acceptors (Lipinski definition) is 4. The molecule has 1 atom stereocenters. The zero-order valence-corrected chi connectivity index (χ0v) is 15.7. The molecular weight excluding hydrogens is 352 g/mol. The van der Waals surface area contributed by atoms with Crippen molar-refractivity contribution in [1.82, 2.24) is 24.8 Å². The van der Waals surface area contributed by atoms with Crippen LogP contribution in [0.5, 0.6) is 0 Å². The Morgan fingerprint density at radius 2 is 2.07 bits per heavy atom. The summed E-state index contributed by atoms with van der Waals surface area (Å²) in [6.45, 7) is 7.05. The average Bonchev–Trinajstić information content (AvgIpc) is 3.15. The van der Waals surface area contributed by atoms with E-state index in [1.54, 1.807) is 15.8 Å². The summed E-state index contributed by atoms with van der Waals surface area (Å²) >= 11 is 0. The van der Waals surface area contributed by atoms with E-state index in [1.807, 2.05) is 13.8 Å². The Balaban J connectivity index is 1.67. The van der Waals surface area contributed by atoms with E-state index in [4.69, 9.17) is 0 Å². The minimum absolute atomic E-state index is 0.0769. The number of nitrogens with zero attached hydrogens (tertiary/aromatic N) is 5. The van der Waals surface area contributed by atoms with Crippen LogP contribution in [0, 0.1) is 11.6 Å². The molecule has 3 rings (SSSR count). The highest BCUT2D eigenvalue weighted by molar-refractivity contribution is 5.91. The molecule has 0 saturated carbocycles. The Bertz CT molecular complexity index is 790. The van der Waals surface area contributed by atoms with Gasteiger partial charge in [0, 0.05) is 37.8 Å². The van der Waals surface area contributed by atoms with E-state index in [-0.39, 0.29) is 11.9 Å². The minimum atomic E-state index is -0.569. The molecule has 0 aliphatic carbocycles. The fourth-order valence-electron chi connectivity index (χ4n) is 3.51. The quantitative estimate of drug-likeness (QED) is 0.777. The molecule has 1 aromatic heterocycles. The van der Waals surface area contributed by atoms with E-state index in [0.717, 1.165) is 25.5 Å². The van der Waals surface area contributed by atoms with Crippen molar-refractivity contribution in [2.45, 2.75) is 39.3 Å². The molecule has 1 aromatic carbocycles. The number of carbonyl (C=O) groups excluding carboxylic acids is 1. The first-order valence-corrected chi connectivity index (χ1v) is 9.39. The molecule has 1 fully saturated rings. The summed E-state index contributed by atoms with van der Waals surface area (Å²) in [5.74, 6) is -1.21. The third kappa shape index (κ3) is 4.50. The fraction of sp³-hybridized carbons (Fsp3) is 0.526. The molecule has 1 saturated heterocycles. The van der Waals surface area contributed by atoms with Crippen LogP contribution in [-0.2, 0) is 6.54 Å². The first-order valence-electron chi connectivity index (χ1n) is 9.39. The molecular formula is C19H25F2N5O. The molecule has 0 unspecified atom stereocenters. The lowest BCUT2D eigenvalue weighted by atomic mass is 10.0. The number of benzene rings is 1. The summed E-state index contributed by atoms with van der Waals surface area (Å²) in [5.41, 5.74) is 0.827. The van der Waals surface area contributed by atoms with Crippen molar-refractivity contribution in [2.75, 3.05) is 26.2 Å². The largest absolute Gasteiger partial charge is 0.338 e. The Morgan fingerprint density at radius 3 is 2.78 bits per heavy atom. The Labute approximate surface area is 157 Å². The van der Waals surface area contributed by atoms with E-state index >= 15 is 0 Å². The number of amides is 1. The van der Waals surface area contributed by atoms with E-state index in [0.29, 0.717) is 37.4 Å². The second-order valence-corrected chi connectivity index (χ2v) is 6.83. The molecule has 1 amide bonds. The van der Waals surface area contributed by atoms with Crippen molar-refractivity contribution in [3.8, 4) is 0 Å². The summed E-state index contributed by atoms with van der Waals surface area (Å²) in [5, 5.41) is 8.19. The van der Waals surface area contributed by atoms with Gasteiger partial charge in [-0.1, -0.05) is 11.3 Å². The number of piperidine rings is 1. The molecule has 6 nitrogen and oxygen atoms in total. The summed E-state index contributed by atoms with van der Waals surface area (Å²) in [7, 11) is 0. The van der Waals surface area contributed by atoms with Gasteiger partial charge >= 0.3 is 0 Å². The van der Waals surface area contributed by atoms with Crippen LogP contribution in [0.25, 0.3) is 0 Å². The van der Waals surface area contributed by atoms with Crippen LogP contribution >= 0.6 is 0 Å². The zero-order valence-electron chi connectivity index (χ0n) is 15.7. The van der Waals surface area contributed by atoms with Gasteiger partial charge in [0.1, 0.15) is 11.6 Å². The van der Waals surface area contributed by atoms with Gasteiger partial charge in [-0.3, -0.25) is 9.69 Å². The highest BCUT2D eigenvalue weighted by Crippen LogP contribution is 2.23. The first kappa shape index (κ1) is 19.4. The average molecular weight is 377 g/mol. The molecule has 146 valence electrons. The van der Waals surface area contributed by atoms with E-state index in [9.17, 15) is 13.6 Å². The number of carbonyl (C=O) groups is 1. The van der Waals surface area contributed by atoms with Gasteiger partial charge in [-0.15, -0.1) is 5.10 Å². The predicted octanol–water partition coefficient (Wildman–Crippen LogP) is 2.88. The van der Waals surface area contributed by atoms with Crippen molar-refractivity contribution in [3.63, 3.8) is 0 Å². The smallest absolute Gasteiger partial charge is 0.276 e. The highest BCUT2D eigenvalue weighted by atomic mass is 19.1. The Morgan fingerprint density at radius 1 is 1.30 bits per heavy atom. The lowest BCUT2D eigenvalue weighted by molar-refractivity contribution is 0.0767. The summed E-state index contributed by atoms with van der Waals surface area (Å²) in [6.07, 6.45) is 3.56. The molecule has 1 aliphatic heterocycles. The third-order valence-electron chi connectivity index (χ3n) is 5.04. The van der Waals surface area contributed by atoms with Crippen LogP contribution in [0.4, 0.5) is 8.78 Å². The summed E-state index contributed by atoms with van der Waals surface area (Å²) < 4.78 is 28.7. The molecule has 0 N–H and O–H groups in total. The number of rotatable bonds is 6. The highest BCUT2D eigenvalue weighted by Gasteiger charge is 2.25. The summed E-state index contributed by atoms with van der Waals surface area (Å²) in [6, 6.07) is 3.76. The van der Waals surface area contributed by atoms with Crippen molar-refractivity contribution >= 4 is 5.91 Å². The van der Waals surface area contributed by atoms with Crippen molar-refractivity contribution in [2.24, 2.45) is 0 Å². The monoisotopic (exact) mass is 377 g/mol. The van der Waals surface area contributed by atoms with E-state index in [1.165, 1.54) is 12.1 Å². The lowest BCUT2D eigenvalue weighted by Crippen LogP contribution is -2.36. The zero-order chi connectivity index (χ0) is 19.4. The molecule has 2 heterocycles. The number of hydrogen-bond donors (Lipinski definition) is 0. The Hall–Kier alpha value is -2.35. The predicted molar refractivity (Wildman–Crippen MR) is 97.2 cm³/mol. The van der Waals surface area contributed by atoms with Crippen LogP contribution in [0.3, 0.4) is 0 Å². The summed E-state index contributed by atoms with van der Waals surface area (Å²) in [4.78, 5) is 16.2. The fourth-order valence-corrected chi connectivity index (χ4v) is 3.51. The number of likely N-dealkylation sites (tertiary alicyclic amines) is 1. The first-order chi connectivity index (χ1) is 13.0. The van der Waals surface area contributed by atoms with Gasteiger partial charge in [-0.05, 0) is 39.3 Å². The topological polar surface area (TPSA) is 54.3 Å². The van der Waals surface area contributed by atoms with Gasteiger partial charge in [0.2, 0.25) is 0 Å². The maximum absolute atomic E-state index is 13.9. The van der Waals surface area contributed by atoms with Crippen LogP contribution in [-0.4, -0.2) is 56.9 Å².